The lowest BCUT2D eigenvalue weighted by Crippen LogP contribution is -2.21. The van der Waals surface area contributed by atoms with Gasteiger partial charge in [-0.15, -0.1) is 10.2 Å². The van der Waals surface area contributed by atoms with E-state index < -0.39 is 0 Å². The van der Waals surface area contributed by atoms with Crippen LogP contribution in [0.2, 0.25) is 0 Å². The molecule has 0 atom stereocenters. The Kier molecular flexibility index (Phi) is 3.57. The summed E-state index contributed by atoms with van der Waals surface area (Å²) in [5, 5.41) is 14.0. The molecule has 1 aromatic rings. The Morgan fingerprint density at radius 1 is 1.20 bits per heavy atom. The molecule has 15 heavy (non-hydrogen) atoms. The second-order valence-corrected chi connectivity index (χ2v) is 5.59. The van der Waals surface area contributed by atoms with Gasteiger partial charge in [-0.1, -0.05) is 44.4 Å². The fourth-order valence-corrected chi connectivity index (χ4v) is 2.77. The van der Waals surface area contributed by atoms with Gasteiger partial charge >= 0.3 is 0 Å². The topological polar surface area (TPSA) is 37.8 Å². The van der Waals surface area contributed by atoms with Crippen molar-refractivity contribution in [2.45, 2.75) is 57.9 Å². The minimum Gasteiger partial charge on any atom is -0.357 e. The zero-order chi connectivity index (χ0) is 10.7. The molecule has 0 saturated heterocycles. The smallest absolute Gasteiger partial charge is 0.205 e. The molecule has 84 valence electrons. The Balaban J connectivity index is 1.91. The van der Waals surface area contributed by atoms with Crippen molar-refractivity contribution < 1.29 is 0 Å². The number of nitrogens with one attached hydrogen (secondary N) is 1. The number of anilines is 1. The predicted molar refractivity (Wildman–Crippen MR) is 64.5 cm³/mol. The van der Waals surface area contributed by atoms with Crippen molar-refractivity contribution in [2.75, 3.05) is 5.32 Å². The van der Waals surface area contributed by atoms with Crippen molar-refractivity contribution in [3.8, 4) is 0 Å². The van der Waals surface area contributed by atoms with Crippen molar-refractivity contribution >= 4 is 16.5 Å². The van der Waals surface area contributed by atoms with Crippen LogP contribution in [0.3, 0.4) is 0 Å². The van der Waals surface area contributed by atoms with Gasteiger partial charge in [0, 0.05) is 12.0 Å². The molecule has 0 amide bonds. The molecule has 1 fully saturated rings. The Labute approximate surface area is 95.3 Å². The van der Waals surface area contributed by atoms with E-state index in [0.29, 0.717) is 12.0 Å². The SMILES string of the molecule is CC(C)c1nnc(NC2CCCCC2)s1. The Bertz CT molecular complexity index is 303. The van der Waals surface area contributed by atoms with E-state index in [0.717, 1.165) is 10.1 Å². The van der Waals surface area contributed by atoms with Gasteiger partial charge in [-0.2, -0.15) is 0 Å². The molecule has 2 rings (SSSR count). The summed E-state index contributed by atoms with van der Waals surface area (Å²) < 4.78 is 0. The van der Waals surface area contributed by atoms with E-state index >= 15 is 0 Å². The van der Waals surface area contributed by atoms with Gasteiger partial charge in [0.2, 0.25) is 5.13 Å². The van der Waals surface area contributed by atoms with Crippen molar-refractivity contribution in [1.82, 2.24) is 10.2 Å². The number of aromatic nitrogens is 2. The van der Waals surface area contributed by atoms with E-state index in [1.807, 2.05) is 0 Å². The molecule has 0 unspecified atom stereocenters. The summed E-state index contributed by atoms with van der Waals surface area (Å²) in [5.74, 6) is 0.490. The van der Waals surface area contributed by atoms with Crippen LogP contribution in [-0.2, 0) is 0 Å². The number of nitrogens with zero attached hydrogens (tertiary/aromatic N) is 2. The van der Waals surface area contributed by atoms with Crippen molar-refractivity contribution in [2.24, 2.45) is 0 Å². The van der Waals surface area contributed by atoms with Crippen LogP contribution in [0.4, 0.5) is 5.13 Å². The number of rotatable bonds is 3. The van der Waals surface area contributed by atoms with Crippen LogP contribution >= 0.6 is 11.3 Å². The lowest BCUT2D eigenvalue weighted by atomic mass is 9.96. The molecule has 3 nitrogen and oxygen atoms in total. The standard InChI is InChI=1S/C11H19N3S/c1-8(2)10-13-14-11(15-10)12-9-6-4-3-5-7-9/h8-9H,3-7H2,1-2H3,(H,12,14). The van der Waals surface area contributed by atoms with E-state index in [-0.39, 0.29) is 0 Å². The minimum atomic E-state index is 0.490. The van der Waals surface area contributed by atoms with Crippen LogP contribution in [-0.4, -0.2) is 16.2 Å². The summed E-state index contributed by atoms with van der Waals surface area (Å²) in [4.78, 5) is 0. The Morgan fingerprint density at radius 2 is 1.93 bits per heavy atom. The van der Waals surface area contributed by atoms with Gasteiger partial charge in [0.1, 0.15) is 5.01 Å². The quantitative estimate of drug-likeness (QED) is 0.856. The highest BCUT2D eigenvalue weighted by atomic mass is 32.1. The molecule has 0 bridgehead atoms. The molecule has 1 aliphatic rings. The zero-order valence-electron chi connectivity index (χ0n) is 9.49. The highest BCUT2D eigenvalue weighted by Crippen LogP contribution is 2.26. The van der Waals surface area contributed by atoms with Crippen molar-refractivity contribution in [3.63, 3.8) is 0 Å². The maximum atomic E-state index is 4.19. The summed E-state index contributed by atoms with van der Waals surface area (Å²) in [6.07, 6.45) is 6.68. The van der Waals surface area contributed by atoms with E-state index in [1.54, 1.807) is 11.3 Å². The van der Waals surface area contributed by atoms with Gasteiger partial charge < -0.3 is 5.32 Å². The fraction of sp³-hybridized carbons (Fsp3) is 0.818. The normalized spacial score (nSPS) is 18.3. The molecule has 1 N–H and O–H groups in total. The first-order chi connectivity index (χ1) is 7.25. The molecule has 1 aliphatic carbocycles. The van der Waals surface area contributed by atoms with Gasteiger partial charge in [0.05, 0.1) is 0 Å². The molecule has 1 aromatic heterocycles. The third-order valence-corrected chi connectivity index (χ3v) is 4.02. The summed E-state index contributed by atoms with van der Waals surface area (Å²) in [6, 6.07) is 0.631. The van der Waals surface area contributed by atoms with Crippen LogP contribution in [0.25, 0.3) is 0 Å². The summed E-state index contributed by atoms with van der Waals surface area (Å²) in [7, 11) is 0. The molecule has 1 saturated carbocycles. The Hall–Kier alpha value is -0.640. The largest absolute Gasteiger partial charge is 0.357 e. The molecule has 1 heterocycles. The lowest BCUT2D eigenvalue weighted by molar-refractivity contribution is 0.462. The fourth-order valence-electron chi connectivity index (χ4n) is 1.95. The molecular formula is C11H19N3S. The van der Waals surface area contributed by atoms with E-state index in [1.165, 1.54) is 32.1 Å². The first-order valence-electron chi connectivity index (χ1n) is 5.85. The highest BCUT2D eigenvalue weighted by molar-refractivity contribution is 7.15. The third-order valence-electron chi connectivity index (χ3n) is 2.87. The number of hydrogen-bond donors (Lipinski definition) is 1. The van der Waals surface area contributed by atoms with Crippen molar-refractivity contribution in [1.29, 1.82) is 0 Å². The summed E-state index contributed by atoms with van der Waals surface area (Å²) in [6.45, 7) is 4.32. The van der Waals surface area contributed by atoms with Gasteiger partial charge in [-0.05, 0) is 12.8 Å². The van der Waals surface area contributed by atoms with E-state index in [9.17, 15) is 0 Å². The van der Waals surface area contributed by atoms with Gasteiger partial charge in [-0.3, -0.25) is 0 Å². The van der Waals surface area contributed by atoms with E-state index in [2.05, 4.69) is 29.4 Å². The van der Waals surface area contributed by atoms with Crippen LogP contribution in [0.15, 0.2) is 0 Å². The second-order valence-electron chi connectivity index (χ2n) is 4.58. The molecule has 0 aliphatic heterocycles. The summed E-state index contributed by atoms with van der Waals surface area (Å²) in [5.41, 5.74) is 0. The van der Waals surface area contributed by atoms with Crippen molar-refractivity contribution in [3.05, 3.63) is 5.01 Å². The maximum Gasteiger partial charge on any atom is 0.205 e. The molecule has 0 spiro atoms. The third kappa shape index (κ3) is 2.91. The van der Waals surface area contributed by atoms with Gasteiger partial charge in [0.25, 0.3) is 0 Å². The molecule has 0 radical (unpaired) electrons. The average Bonchev–Trinajstić information content (AvgIpc) is 2.68. The van der Waals surface area contributed by atoms with Crippen LogP contribution in [0.5, 0.6) is 0 Å². The lowest BCUT2D eigenvalue weighted by Gasteiger charge is -2.21. The van der Waals surface area contributed by atoms with Crippen LogP contribution < -0.4 is 5.32 Å². The first-order valence-corrected chi connectivity index (χ1v) is 6.67. The first kappa shape index (κ1) is 10.9. The molecular weight excluding hydrogens is 206 g/mol. The second kappa shape index (κ2) is 4.92. The predicted octanol–water partition coefficient (Wildman–Crippen LogP) is 3.41. The average molecular weight is 225 g/mol. The number of hydrogen-bond acceptors (Lipinski definition) is 4. The zero-order valence-corrected chi connectivity index (χ0v) is 10.3. The molecule has 4 heteroatoms. The highest BCUT2D eigenvalue weighted by Gasteiger charge is 2.15. The summed E-state index contributed by atoms with van der Waals surface area (Å²) >= 11 is 1.70. The van der Waals surface area contributed by atoms with Gasteiger partial charge in [0.15, 0.2) is 0 Å². The van der Waals surface area contributed by atoms with Crippen LogP contribution in [0, 0.1) is 0 Å². The van der Waals surface area contributed by atoms with Gasteiger partial charge in [-0.25, -0.2) is 0 Å². The Morgan fingerprint density at radius 3 is 2.53 bits per heavy atom. The molecule has 0 aromatic carbocycles. The van der Waals surface area contributed by atoms with Crippen LogP contribution in [0.1, 0.15) is 56.9 Å². The maximum absolute atomic E-state index is 4.19. The minimum absolute atomic E-state index is 0.490. The van der Waals surface area contributed by atoms with E-state index in [4.69, 9.17) is 0 Å². The monoisotopic (exact) mass is 225 g/mol.